The van der Waals surface area contributed by atoms with Crippen molar-refractivity contribution < 1.29 is 9.53 Å². The molecule has 0 bridgehead atoms. The standard InChI is InChI=1S/C16H21BrN2O2.ClH/c1-10-3-4-15(14(17)5-10)21-11(2)16(20)19-8-12-6-18-7-13(12)9-19;/h3-5,11-13,18H,6-9H2,1-2H3;1H/t11?,12-,13+;. The number of halogens is 2. The average Bonchev–Trinajstić information content (AvgIpc) is 3.01. The molecule has 2 fully saturated rings. The van der Waals surface area contributed by atoms with E-state index in [-0.39, 0.29) is 18.3 Å². The topological polar surface area (TPSA) is 41.6 Å². The number of likely N-dealkylation sites (tertiary alicyclic amines) is 1. The van der Waals surface area contributed by atoms with Gasteiger partial charge in [0, 0.05) is 26.2 Å². The van der Waals surface area contributed by atoms with Crippen molar-refractivity contribution in [2.24, 2.45) is 11.8 Å². The van der Waals surface area contributed by atoms with Crippen molar-refractivity contribution in [3.8, 4) is 5.75 Å². The molecule has 1 aromatic rings. The van der Waals surface area contributed by atoms with E-state index < -0.39 is 6.10 Å². The first-order valence-electron chi connectivity index (χ1n) is 7.47. The van der Waals surface area contributed by atoms with Gasteiger partial charge in [-0.2, -0.15) is 0 Å². The summed E-state index contributed by atoms with van der Waals surface area (Å²) in [6.45, 7) is 7.65. The molecule has 0 aromatic heterocycles. The Labute approximate surface area is 146 Å². The minimum absolute atomic E-state index is 0. The summed E-state index contributed by atoms with van der Waals surface area (Å²) in [6.07, 6.45) is -0.448. The molecule has 2 aliphatic heterocycles. The van der Waals surface area contributed by atoms with Crippen LogP contribution in [-0.4, -0.2) is 43.1 Å². The molecule has 0 aliphatic carbocycles. The monoisotopic (exact) mass is 388 g/mol. The van der Waals surface area contributed by atoms with Gasteiger partial charge in [-0.1, -0.05) is 6.07 Å². The first-order chi connectivity index (χ1) is 10.0. The number of carbonyl (C=O) groups is 1. The summed E-state index contributed by atoms with van der Waals surface area (Å²) < 4.78 is 6.74. The number of aryl methyl sites for hydroxylation is 1. The van der Waals surface area contributed by atoms with Crippen molar-refractivity contribution >= 4 is 34.2 Å². The summed E-state index contributed by atoms with van der Waals surface area (Å²) in [5, 5.41) is 3.39. The fourth-order valence-electron chi connectivity index (χ4n) is 3.23. The maximum absolute atomic E-state index is 12.5. The van der Waals surface area contributed by atoms with E-state index in [4.69, 9.17) is 4.74 Å². The second-order valence-electron chi connectivity index (χ2n) is 6.12. The van der Waals surface area contributed by atoms with Crippen molar-refractivity contribution in [1.29, 1.82) is 0 Å². The molecule has 6 heteroatoms. The van der Waals surface area contributed by atoms with Crippen molar-refractivity contribution in [2.45, 2.75) is 20.0 Å². The summed E-state index contributed by atoms with van der Waals surface area (Å²) in [7, 11) is 0. The van der Waals surface area contributed by atoms with Gasteiger partial charge >= 0.3 is 0 Å². The smallest absolute Gasteiger partial charge is 0.263 e. The van der Waals surface area contributed by atoms with Crippen LogP contribution in [0.5, 0.6) is 5.75 Å². The fourth-order valence-corrected chi connectivity index (χ4v) is 3.82. The molecular formula is C16H22BrClN2O2. The first-order valence-corrected chi connectivity index (χ1v) is 8.26. The number of nitrogens with one attached hydrogen (secondary N) is 1. The van der Waals surface area contributed by atoms with Gasteiger partial charge in [-0.05, 0) is 59.3 Å². The van der Waals surface area contributed by atoms with E-state index in [1.807, 2.05) is 36.9 Å². The van der Waals surface area contributed by atoms with Crippen LogP contribution in [0.2, 0.25) is 0 Å². The Kier molecular flexibility index (Phi) is 5.75. The number of fused-ring (bicyclic) bond motifs is 1. The molecule has 122 valence electrons. The SMILES string of the molecule is Cc1ccc(OC(C)C(=O)N2C[C@H]3CNC[C@H]3C2)c(Br)c1.Cl. The number of benzene rings is 1. The molecule has 1 amide bonds. The third-order valence-corrected chi connectivity index (χ3v) is 5.06. The Morgan fingerprint density at radius 2 is 2.00 bits per heavy atom. The molecule has 0 radical (unpaired) electrons. The predicted molar refractivity (Wildman–Crippen MR) is 92.6 cm³/mol. The number of hydrogen-bond acceptors (Lipinski definition) is 3. The number of hydrogen-bond donors (Lipinski definition) is 1. The highest BCUT2D eigenvalue weighted by Crippen LogP contribution is 2.29. The molecule has 4 nitrogen and oxygen atoms in total. The average molecular weight is 390 g/mol. The number of amides is 1. The summed E-state index contributed by atoms with van der Waals surface area (Å²) in [5.74, 6) is 2.05. The lowest BCUT2D eigenvalue weighted by Crippen LogP contribution is -2.40. The van der Waals surface area contributed by atoms with Crippen LogP contribution in [0.15, 0.2) is 22.7 Å². The fraction of sp³-hybridized carbons (Fsp3) is 0.562. The maximum atomic E-state index is 12.5. The normalized spacial score (nSPS) is 24.6. The van der Waals surface area contributed by atoms with Crippen LogP contribution in [0.4, 0.5) is 0 Å². The minimum Gasteiger partial charge on any atom is -0.480 e. The molecule has 2 saturated heterocycles. The van der Waals surface area contributed by atoms with Crippen LogP contribution in [0.1, 0.15) is 12.5 Å². The zero-order valence-corrected chi connectivity index (χ0v) is 15.2. The molecule has 1 unspecified atom stereocenters. The maximum Gasteiger partial charge on any atom is 0.263 e. The number of nitrogens with zero attached hydrogens (tertiary/aromatic N) is 1. The second-order valence-corrected chi connectivity index (χ2v) is 6.97. The quantitative estimate of drug-likeness (QED) is 0.864. The Morgan fingerprint density at radius 1 is 1.36 bits per heavy atom. The number of rotatable bonds is 3. The molecule has 22 heavy (non-hydrogen) atoms. The van der Waals surface area contributed by atoms with Crippen molar-refractivity contribution in [3.63, 3.8) is 0 Å². The summed E-state index contributed by atoms with van der Waals surface area (Å²) in [5.41, 5.74) is 1.16. The third kappa shape index (κ3) is 3.58. The lowest BCUT2D eigenvalue weighted by Gasteiger charge is -2.23. The van der Waals surface area contributed by atoms with Gasteiger partial charge in [0.05, 0.1) is 4.47 Å². The van der Waals surface area contributed by atoms with E-state index in [2.05, 4.69) is 21.2 Å². The molecule has 0 saturated carbocycles. The number of ether oxygens (including phenoxy) is 1. The van der Waals surface area contributed by atoms with E-state index in [9.17, 15) is 4.79 Å². The molecule has 1 aromatic carbocycles. The van der Waals surface area contributed by atoms with Crippen LogP contribution in [0.25, 0.3) is 0 Å². The lowest BCUT2D eigenvalue weighted by atomic mass is 10.0. The van der Waals surface area contributed by atoms with Crippen molar-refractivity contribution in [1.82, 2.24) is 10.2 Å². The van der Waals surface area contributed by atoms with Gasteiger partial charge in [-0.15, -0.1) is 12.4 Å². The van der Waals surface area contributed by atoms with Crippen molar-refractivity contribution in [3.05, 3.63) is 28.2 Å². The molecule has 2 heterocycles. The van der Waals surface area contributed by atoms with Crippen LogP contribution in [-0.2, 0) is 4.79 Å². The van der Waals surface area contributed by atoms with Gasteiger partial charge in [0.15, 0.2) is 6.10 Å². The van der Waals surface area contributed by atoms with Gasteiger partial charge in [0.2, 0.25) is 0 Å². The lowest BCUT2D eigenvalue weighted by molar-refractivity contribution is -0.137. The molecule has 0 spiro atoms. The predicted octanol–water partition coefficient (Wildman–Crippen LogP) is 2.62. The van der Waals surface area contributed by atoms with Crippen LogP contribution < -0.4 is 10.1 Å². The van der Waals surface area contributed by atoms with E-state index in [0.29, 0.717) is 11.8 Å². The zero-order chi connectivity index (χ0) is 15.0. The molecular weight excluding hydrogens is 368 g/mol. The van der Waals surface area contributed by atoms with Gasteiger partial charge in [-0.3, -0.25) is 4.79 Å². The Bertz CT molecular complexity index is 543. The highest BCUT2D eigenvalue weighted by molar-refractivity contribution is 9.10. The highest BCUT2D eigenvalue weighted by atomic mass is 79.9. The van der Waals surface area contributed by atoms with E-state index >= 15 is 0 Å². The summed E-state index contributed by atoms with van der Waals surface area (Å²) in [4.78, 5) is 14.5. The highest BCUT2D eigenvalue weighted by Gasteiger charge is 2.39. The van der Waals surface area contributed by atoms with Gasteiger partial charge < -0.3 is 15.0 Å². The van der Waals surface area contributed by atoms with E-state index in [0.717, 1.165) is 42.0 Å². The summed E-state index contributed by atoms with van der Waals surface area (Å²) in [6, 6.07) is 5.90. The van der Waals surface area contributed by atoms with E-state index in [1.165, 1.54) is 0 Å². The first kappa shape index (κ1) is 17.6. The largest absolute Gasteiger partial charge is 0.480 e. The van der Waals surface area contributed by atoms with Gasteiger partial charge in [-0.25, -0.2) is 0 Å². The van der Waals surface area contributed by atoms with Crippen LogP contribution >= 0.6 is 28.3 Å². The molecule has 3 atom stereocenters. The van der Waals surface area contributed by atoms with Crippen LogP contribution in [0, 0.1) is 18.8 Å². The third-order valence-electron chi connectivity index (χ3n) is 4.44. The Balaban J connectivity index is 0.00000176. The Hall–Kier alpha value is -0.780. The van der Waals surface area contributed by atoms with Gasteiger partial charge in [0.1, 0.15) is 5.75 Å². The van der Waals surface area contributed by atoms with Crippen LogP contribution in [0.3, 0.4) is 0 Å². The van der Waals surface area contributed by atoms with Gasteiger partial charge in [0.25, 0.3) is 5.91 Å². The Morgan fingerprint density at radius 3 is 2.59 bits per heavy atom. The summed E-state index contributed by atoms with van der Waals surface area (Å²) >= 11 is 3.49. The van der Waals surface area contributed by atoms with E-state index in [1.54, 1.807) is 0 Å². The van der Waals surface area contributed by atoms with Crippen molar-refractivity contribution in [2.75, 3.05) is 26.2 Å². The molecule has 3 rings (SSSR count). The zero-order valence-electron chi connectivity index (χ0n) is 12.8. The molecule has 2 aliphatic rings. The minimum atomic E-state index is -0.448. The second kappa shape index (κ2) is 7.20. The molecule has 1 N–H and O–H groups in total. The number of carbonyl (C=O) groups excluding carboxylic acids is 1.